The van der Waals surface area contributed by atoms with Gasteiger partial charge in [0, 0.05) is 22.4 Å². The van der Waals surface area contributed by atoms with E-state index in [0.29, 0.717) is 16.8 Å². The van der Waals surface area contributed by atoms with Crippen molar-refractivity contribution in [3.05, 3.63) is 47.9 Å². The molecule has 0 fully saturated rings. The number of anilines is 1. The van der Waals surface area contributed by atoms with Crippen molar-refractivity contribution < 1.29 is 17.6 Å². The Balaban J connectivity index is 2.13. The van der Waals surface area contributed by atoms with E-state index in [4.69, 9.17) is 4.42 Å². The lowest BCUT2D eigenvalue weighted by Gasteiger charge is -2.05. The van der Waals surface area contributed by atoms with Crippen LogP contribution in [0.2, 0.25) is 0 Å². The van der Waals surface area contributed by atoms with E-state index in [9.17, 15) is 13.2 Å². The summed E-state index contributed by atoms with van der Waals surface area (Å²) in [6.07, 6.45) is 4.66. The van der Waals surface area contributed by atoms with Crippen molar-refractivity contribution in [1.82, 2.24) is 4.72 Å². The summed E-state index contributed by atoms with van der Waals surface area (Å²) in [7, 11) is -2.22. The first kappa shape index (κ1) is 13.6. The zero-order valence-electron chi connectivity index (χ0n) is 11.1. The van der Waals surface area contributed by atoms with Gasteiger partial charge in [-0.05, 0) is 37.4 Å². The molecule has 108 valence electrons. The highest BCUT2D eigenvalue weighted by Crippen LogP contribution is 2.34. The minimum atomic E-state index is -3.56. The third-order valence-electron chi connectivity index (χ3n) is 3.21. The van der Waals surface area contributed by atoms with Crippen LogP contribution in [0.5, 0.6) is 0 Å². The topological polar surface area (TPSA) is 88.4 Å². The smallest absolute Gasteiger partial charge is 0.256 e. The first-order valence-corrected chi connectivity index (χ1v) is 7.63. The van der Waals surface area contributed by atoms with Crippen LogP contribution in [-0.2, 0) is 14.8 Å². The molecule has 2 N–H and O–H groups in total. The molecule has 0 atom stereocenters. The molecule has 21 heavy (non-hydrogen) atoms. The van der Waals surface area contributed by atoms with Crippen LogP contribution in [0, 0.1) is 0 Å². The number of sulfonamides is 1. The van der Waals surface area contributed by atoms with Crippen LogP contribution < -0.4 is 10.0 Å². The number of hydrogen-bond donors (Lipinski definition) is 2. The van der Waals surface area contributed by atoms with E-state index in [0.717, 1.165) is 5.56 Å². The Morgan fingerprint density at radius 3 is 2.76 bits per heavy atom. The highest BCUT2D eigenvalue weighted by Gasteiger charge is 2.26. The van der Waals surface area contributed by atoms with Gasteiger partial charge in [0.15, 0.2) is 0 Å². The van der Waals surface area contributed by atoms with Gasteiger partial charge in [0.2, 0.25) is 10.0 Å². The quantitative estimate of drug-likeness (QED) is 0.844. The van der Waals surface area contributed by atoms with Crippen LogP contribution in [0.1, 0.15) is 11.1 Å². The normalized spacial score (nSPS) is 16.0. The van der Waals surface area contributed by atoms with Gasteiger partial charge in [0.05, 0.1) is 17.4 Å². The number of carbonyl (C=O) groups excluding carboxylic acids is 1. The van der Waals surface area contributed by atoms with E-state index >= 15 is 0 Å². The van der Waals surface area contributed by atoms with Crippen LogP contribution in [-0.4, -0.2) is 21.4 Å². The number of amides is 1. The lowest BCUT2D eigenvalue weighted by molar-refractivity contribution is -0.110. The van der Waals surface area contributed by atoms with Crippen molar-refractivity contribution >= 4 is 33.3 Å². The second-order valence-corrected chi connectivity index (χ2v) is 6.37. The maximum atomic E-state index is 12.0. The highest BCUT2D eigenvalue weighted by atomic mass is 32.2. The molecule has 1 amide bonds. The molecule has 1 aliphatic heterocycles. The third-order valence-corrected chi connectivity index (χ3v) is 4.62. The van der Waals surface area contributed by atoms with Crippen molar-refractivity contribution in [2.45, 2.75) is 4.90 Å². The molecule has 2 heterocycles. The Bertz CT molecular complexity index is 836. The van der Waals surface area contributed by atoms with Gasteiger partial charge in [0.25, 0.3) is 5.91 Å². The standard InChI is InChI=1S/C14H12N2O4S/c1-15-21(18,19)10-2-3-13-11(7-10)12(14(17)16-13)6-9-4-5-20-8-9/h2-8,15H,1H3,(H,16,17). The van der Waals surface area contributed by atoms with Crippen LogP contribution in [0.25, 0.3) is 11.6 Å². The lowest BCUT2D eigenvalue weighted by atomic mass is 10.1. The van der Waals surface area contributed by atoms with E-state index in [-0.39, 0.29) is 10.8 Å². The second kappa shape index (κ2) is 4.87. The summed E-state index contributed by atoms with van der Waals surface area (Å²) >= 11 is 0. The number of benzene rings is 1. The number of furan rings is 1. The molecule has 1 aliphatic rings. The van der Waals surface area contributed by atoms with E-state index in [1.807, 2.05) is 0 Å². The van der Waals surface area contributed by atoms with Crippen LogP contribution >= 0.6 is 0 Å². The minimum Gasteiger partial charge on any atom is -0.472 e. The summed E-state index contributed by atoms with van der Waals surface area (Å²) in [5, 5.41) is 2.70. The second-order valence-electron chi connectivity index (χ2n) is 4.48. The average molecular weight is 304 g/mol. The van der Waals surface area contributed by atoms with Gasteiger partial charge >= 0.3 is 0 Å². The van der Waals surface area contributed by atoms with Crippen LogP contribution in [0.3, 0.4) is 0 Å². The summed E-state index contributed by atoms with van der Waals surface area (Å²) in [5.74, 6) is -0.273. The van der Waals surface area contributed by atoms with Gasteiger partial charge in [-0.1, -0.05) is 0 Å². The number of carbonyl (C=O) groups is 1. The maximum Gasteiger partial charge on any atom is 0.256 e. The molecule has 7 heteroatoms. The van der Waals surface area contributed by atoms with Crippen molar-refractivity contribution in [1.29, 1.82) is 0 Å². The average Bonchev–Trinajstić information content (AvgIpc) is 3.08. The first-order chi connectivity index (χ1) is 10.0. The predicted molar refractivity (Wildman–Crippen MR) is 77.9 cm³/mol. The fourth-order valence-electron chi connectivity index (χ4n) is 2.12. The molecular formula is C14H12N2O4S. The predicted octanol–water partition coefficient (Wildman–Crippen LogP) is 1.68. The largest absolute Gasteiger partial charge is 0.472 e. The number of fused-ring (bicyclic) bond motifs is 1. The van der Waals surface area contributed by atoms with Crippen molar-refractivity contribution in [2.24, 2.45) is 0 Å². The van der Waals surface area contributed by atoms with Gasteiger partial charge in [-0.25, -0.2) is 13.1 Å². The maximum absolute atomic E-state index is 12.0. The lowest BCUT2D eigenvalue weighted by Crippen LogP contribution is -2.18. The fraction of sp³-hybridized carbons (Fsp3) is 0.0714. The summed E-state index contributed by atoms with van der Waals surface area (Å²) in [4.78, 5) is 12.1. The summed E-state index contributed by atoms with van der Waals surface area (Å²) in [5.41, 5.74) is 2.27. The zero-order valence-corrected chi connectivity index (χ0v) is 11.9. The summed E-state index contributed by atoms with van der Waals surface area (Å²) < 4.78 is 30.9. The molecule has 0 saturated heterocycles. The Hall–Kier alpha value is -2.38. The van der Waals surface area contributed by atoms with Gasteiger partial charge in [-0.15, -0.1) is 0 Å². The van der Waals surface area contributed by atoms with Gasteiger partial charge in [0.1, 0.15) is 0 Å². The molecule has 1 aromatic carbocycles. The Morgan fingerprint density at radius 2 is 2.10 bits per heavy atom. The highest BCUT2D eigenvalue weighted by molar-refractivity contribution is 7.89. The number of hydrogen-bond acceptors (Lipinski definition) is 4. The van der Waals surface area contributed by atoms with E-state index in [2.05, 4.69) is 10.0 Å². The van der Waals surface area contributed by atoms with E-state index in [1.54, 1.807) is 18.2 Å². The monoisotopic (exact) mass is 304 g/mol. The molecule has 0 aliphatic carbocycles. The molecule has 0 unspecified atom stereocenters. The van der Waals surface area contributed by atoms with Gasteiger partial charge in [-0.2, -0.15) is 0 Å². The van der Waals surface area contributed by atoms with E-state index < -0.39 is 10.0 Å². The molecule has 1 aromatic heterocycles. The molecule has 6 nitrogen and oxygen atoms in total. The summed E-state index contributed by atoms with van der Waals surface area (Å²) in [6.45, 7) is 0. The van der Waals surface area contributed by atoms with Crippen molar-refractivity contribution in [3.63, 3.8) is 0 Å². The Morgan fingerprint density at radius 1 is 1.29 bits per heavy atom. The molecular weight excluding hydrogens is 292 g/mol. The SMILES string of the molecule is CNS(=O)(=O)c1ccc2c(c1)C(=Cc1ccoc1)C(=O)N2. The number of rotatable bonds is 3. The van der Waals surface area contributed by atoms with Gasteiger partial charge in [-0.3, -0.25) is 4.79 Å². The number of nitrogens with one attached hydrogen (secondary N) is 2. The Kier molecular flexibility index (Phi) is 3.15. The molecule has 2 aromatic rings. The summed E-state index contributed by atoms with van der Waals surface area (Å²) in [6, 6.07) is 6.22. The third kappa shape index (κ3) is 2.37. The Labute approximate surface area is 121 Å². The van der Waals surface area contributed by atoms with E-state index in [1.165, 1.54) is 31.7 Å². The van der Waals surface area contributed by atoms with Gasteiger partial charge < -0.3 is 9.73 Å². The van der Waals surface area contributed by atoms with Crippen LogP contribution in [0.15, 0.2) is 46.1 Å². The fourth-order valence-corrected chi connectivity index (χ4v) is 2.88. The molecule has 0 saturated carbocycles. The molecule has 0 radical (unpaired) electrons. The zero-order chi connectivity index (χ0) is 15.0. The molecule has 3 rings (SSSR count). The molecule has 0 bridgehead atoms. The first-order valence-electron chi connectivity index (χ1n) is 6.14. The minimum absolute atomic E-state index is 0.110. The molecule has 0 spiro atoms. The van der Waals surface area contributed by atoms with Crippen molar-refractivity contribution in [3.8, 4) is 0 Å². The van der Waals surface area contributed by atoms with Crippen molar-refractivity contribution in [2.75, 3.05) is 12.4 Å². The van der Waals surface area contributed by atoms with Crippen LogP contribution in [0.4, 0.5) is 5.69 Å².